The molecule has 2 aromatic carbocycles. The zero-order chi connectivity index (χ0) is 20.6. The highest BCUT2D eigenvalue weighted by Crippen LogP contribution is 2.27. The second kappa shape index (κ2) is 10.4. The minimum absolute atomic E-state index is 0.298. The second-order valence-corrected chi connectivity index (χ2v) is 7.85. The molecule has 1 heterocycles. The van der Waals surface area contributed by atoms with Crippen molar-refractivity contribution in [3.8, 4) is 0 Å². The number of methoxy groups -OCH3 is 1. The van der Waals surface area contributed by atoms with Gasteiger partial charge in [0.05, 0.1) is 12.7 Å². The van der Waals surface area contributed by atoms with Crippen LogP contribution in [-0.2, 0) is 11.3 Å². The van der Waals surface area contributed by atoms with Gasteiger partial charge in [0.1, 0.15) is 0 Å². The minimum Gasteiger partial charge on any atom is -0.465 e. The Bertz CT molecular complexity index is 755. The van der Waals surface area contributed by atoms with Gasteiger partial charge in [-0.05, 0) is 62.6 Å². The van der Waals surface area contributed by atoms with Gasteiger partial charge in [-0.2, -0.15) is 0 Å². The highest BCUT2D eigenvalue weighted by atomic mass is 16.5. The summed E-state index contributed by atoms with van der Waals surface area (Å²) in [5.74, 6) is -0.298. The molecule has 3 rings (SSSR count). The lowest BCUT2D eigenvalue weighted by atomic mass is 9.99. The number of benzene rings is 2. The Balaban J connectivity index is 1.76. The Kier molecular flexibility index (Phi) is 7.67. The summed E-state index contributed by atoms with van der Waals surface area (Å²) in [6.07, 6.45) is 3.30. The Morgan fingerprint density at radius 3 is 2.38 bits per heavy atom. The molecule has 1 unspecified atom stereocenters. The highest BCUT2D eigenvalue weighted by Gasteiger charge is 2.27. The number of piperidine rings is 1. The molecule has 1 aliphatic heterocycles. The summed E-state index contributed by atoms with van der Waals surface area (Å²) in [5.41, 5.74) is 8.78. The Hall–Kier alpha value is -2.37. The smallest absolute Gasteiger partial charge is 0.337 e. The molecule has 0 saturated carbocycles. The van der Waals surface area contributed by atoms with Crippen molar-refractivity contribution >= 4 is 11.7 Å². The number of carbonyl (C=O) groups is 1. The van der Waals surface area contributed by atoms with E-state index in [4.69, 9.17) is 10.5 Å². The van der Waals surface area contributed by atoms with Crippen LogP contribution in [0.3, 0.4) is 0 Å². The van der Waals surface area contributed by atoms with E-state index in [-0.39, 0.29) is 5.97 Å². The van der Waals surface area contributed by atoms with Crippen LogP contribution in [0.5, 0.6) is 0 Å². The van der Waals surface area contributed by atoms with E-state index in [2.05, 4.69) is 47.1 Å². The van der Waals surface area contributed by atoms with Crippen molar-refractivity contribution in [3.05, 3.63) is 65.7 Å². The van der Waals surface area contributed by atoms with E-state index in [0.717, 1.165) is 51.1 Å². The van der Waals surface area contributed by atoms with Crippen molar-refractivity contribution in [1.82, 2.24) is 4.90 Å². The number of rotatable bonds is 8. The van der Waals surface area contributed by atoms with Gasteiger partial charge in [0.15, 0.2) is 0 Å². The first-order valence-corrected chi connectivity index (χ1v) is 10.6. The lowest BCUT2D eigenvalue weighted by molar-refractivity contribution is 0.0601. The molecule has 0 aromatic heterocycles. The van der Waals surface area contributed by atoms with Gasteiger partial charge in [-0.3, -0.25) is 0 Å². The Morgan fingerprint density at radius 1 is 1.14 bits per heavy atom. The Morgan fingerprint density at radius 2 is 1.79 bits per heavy atom. The van der Waals surface area contributed by atoms with Gasteiger partial charge in [-0.15, -0.1) is 0 Å². The number of likely N-dealkylation sites (tertiary alicyclic amines) is 1. The maximum Gasteiger partial charge on any atom is 0.337 e. The summed E-state index contributed by atoms with van der Waals surface area (Å²) >= 11 is 0. The summed E-state index contributed by atoms with van der Waals surface area (Å²) in [4.78, 5) is 16.8. The average Bonchev–Trinajstić information content (AvgIpc) is 2.78. The van der Waals surface area contributed by atoms with Crippen molar-refractivity contribution in [3.63, 3.8) is 0 Å². The number of nitrogens with two attached hydrogens (primary N) is 1. The van der Waals surface area contributed by atoms with Crippen molar-refractivity contribution in [2.75, 3.05) is 31.6 Å². The molecule has 1 atom stereocenters. The lowest BCUT2D eigenvalue weighted by Gasteiger charge is -2.42. The molecule has 156 valence electrons. The van der Waals surface area contributed by atoms with Crippen LogP contribution in [0.4, 0.5) is 5.69 Å². The standard InChI is InChI=1S/C24H33N3O2/c1-19(12-15-25)26-16-13-23(14-17-26)27(18-20-6-4-3-5-7-20)22-10-8-21(9-11-22)24(28)29-2/h3-11,19,23H,12-18,25H2,1-2H3. The maximum absolute atomic E-state index is 11.8. The van der Waals surface area contributed by atoms with Crippen LogP contribution < -0.4 is 10.6 Å². The van der Waals surface area contributed by atoms with Gasteiger partial charge in [-0.1, -0.05) is 30.3 Å². The third kappa shape index (κ3) is 5.58. The molecular formula is C24H33N3O2. The number of hydrogen-bond donors (Lipinski definition) is 1. The van der Waals surface area contributed by atoms with Crippen LogP contribution in [0, 0.1) is 0 Å². The zero-order valence-corrected chi connectivity index (χ0v) is 17.6. The van der Waals surface area contributed by atoms with Gasteiger partial charge < -0.3 is 20.3 Å². The second-order valence-electron chi connectivity index (χ2n) is 7.85. The fourth-order valence-electron chi connectivity index (χ4n) is 4.18. The summed E-state index contributed by atoms with van der Waals surface area (Å²) in [6, 6.07) is 19.4. The fraction of sp³-hybridized carbons (Fsp3) is 0.458. The molecule has 0 radical (unpaired) electrons. The quantitative estimate of drug-likeness (QED) is 0.691. The van der Waals surface area contributed by atoms with E-state index in [1.54, 1.807) is 0 Å². The van der Waals surface area contributed by atoms with Crippen LogP contribution in [0.2, 0.25) is 0 Å². The first-order valence-electron chi connectivity index (χ1n) is 10.6. The largest absolute Gasteiger partial charge is 0.465 e. The van der Waals surface area contributed by atoms with E-state index in [1.165, 1.54) is 12.7 Å². The topological polar surface area (TPSA) is 58.8 Å². The monoisotopic (exact) mass is 395 g/mol. The molecule has 0 bridgehead atoms. The Labute approximate surface area is 174 Å². The molecule has 1 aliphatic rings. The molecular weight excluding hydrogens is 362 g/mol. The van der Waals surface area contributed by atoms with Crippen molar-refractivity contribution in [1.29, 1.82) is 0 Å². The molecule has 2 aromatic rings. The van der Waals surface area contributed by atoms with Crippen molar-refractivity contribution in [2.45, 2.75) is 44.8 Å². The molecule has 29 heavy (non-hydrogen) atoms. The molecule has 5 heteroatoms. The number of hydrogen-bond acceptors (Lipinski definition) is 5. The van der Waals surface area contributed by atoms with E-state index in [0.29, 0.717) is 17.6 Å². The van der Waals surface area contributed by atoms with Gasteiger partial charge in [-0.25, -0.2) is 4.79 Å². The molecule has 0 amide bonds. The van der Waals surface area contributed by atoms with Gasteiger partial charge in [0.2, 0.25) is 0 Å². The summed E-state index contributed by atoms with van der Waals surface area (Å²) in [5, 5.41) is 0. The van der Waals surface area contributed by atoms with E-state index in [1.807, 2.05) is 24.3 Å². The SMILES string of the molecule is COC(=O)c1ccc(N(Cc2ccccc2)C2CCN(C(C)CCN)CC2)cc1. The molecule has 1 saturated heterocycles. The molecule has 5 nitrogen and oxygen atoms in total. The van der Waals surface area contributed by atoms with Gasteiger partial charge in [0, 0.05) is 37.4 Å². The lowest BCUT2D eigenvalue weighted by Crippen LogP contribution is -2.47. The normalized spacial score (nSPS) is 16.4. The molecule has 0 aliphatic carbocycles. The maximum atomic E-state index is 11.8. The number of nitrogens with zero attached hydrogens (tertiary/aromatic N) is 2. The van der Waals surface area contributed by atoms with Gasteiger partial charge >= 0.3 is 5.97 Å². The number of anilines is 1. The van der Waals surface area contributed by atoms with Crippen molar-refractivity contribution < 1.29 is 9.53 Å². The first-order chi connectivity index (χ1) is 14.1. The third-order valence-electron chi connectivity index (χ3n) is 5.96. The predicted octanol–water partition coefficient (Wildman–Crippen LogP) is 3.68. The van der Waals surface area contributed by atoms with Crippen LogP contribution >= 0.6 is 0 Å². The van der Waals surface area contributed by atoms with E-state index >= 15 is 0 Å². The zero-order valence-electron chi connectivity index (χ0n) is 17.6. The summed E-state index contributed by atoms with van der Waals surface area (Å²) in [6.45, 7) is 6.07. The van der Waals surface area contributed by atoms with Crippen molar-refractivity contribution in [2.24, 2.45) is 5.73 Å². The van der Waals surface area contributed by atoms with E-state index in [9.17, 15) is 4.79 Å². The molecule has 2 N–H and O–H groups in total. The average molecular weight is 396 g/mol. The number of esters is 1. The van der Waals surface area contributed by atoms with Crippen LogP contribution in [0.1, 0.15) is 42.1 Å². The van der Waals surface area contributed by atoms with Crippen LogP contribution in [0.25, 0.3) is 0 Å². The highest BCUT2D eigenvalue weighted by molar-refractivity contribution is 5.89. The summed E-state index contributed by atoms with van der Waals surface area (Å²) < 4.78 is 4.84. The number of ether oxygens (including phenoxy) is 1. The van der Waals surface area contributed by atoms with Crippen LogP contribution in [0.15, 0.2) is 54.6 Å². The molecule has 0 spiro atoms. The van der Waals surface area contributed by atoms with E-state index < -0.39 is 0 Å². The minimum atomic E-state index is -0.298. The number of carbonyl (C=O) groups excluding carboxylic acids is 1. The van der Waals surface area contributed by atoms with Crippen LogP contribution in [-0.4, -0.2) is 49.7 Å². The fourth-order valence-corrected chi connectivity index (χ4v) is 4.18. The third-order valence-corrected chi connectivity index (χ3v) is 5.96. The van der Waals surface area contributed by atoms with Gasteiger partial charge in [0.25, 0.3) is 0 Å². The first kappa shape index (κ1) is 21.3. The predicted molar refractivity (Wildman–Crippen MR) is 118 cm³/mol. The molecule has 1 fully saturated rings. The summed E-state index contributed by atoms with van der Waals surface area (Å²) in [7, 11) is 1.41.